The van der Waals surface area contributed by atoms with Gasteiger partial charge in [0.15, 0.2) is 5.78 Å². The van der Waals surface area contributed by atoms with Crippen molar-refractivity contribution in [1.29, 1.82) is 0 Å². The molecule has 0 fully saturated rings. The lowest BCUT2D eigenvalue weighted by Gasteiger charge is -2.14. The molecule has 4 heteroatoms. The molecule has 0 saturated heterocycles. The van der Waals surface area contributed by atoms with E-state index < -0.39 is 0 Å². The Morgan fingerprint density at radius 2 is 1.90 bits per heavy atom. The summed E-state index contributed by atoms with van der Waals surface area (Å²) in [7, 11) is 0. The average Bonchev–Trinajstić information content (AvgIpc) is 2.49. The number of ketones is 1. The molecule has 21 heavy (non-hydrogen) atoms. The Labute approximate surface area is 134 Å². The number of hydrogen-bond acceptors (Lipinski definition) is 2. The van der Waals surface area contributed by atoms with Crippen molar-refractivity contribution in [3.8, 4) is 11.1 Å². The highest BCUT2D eigenvalue weighted by Crippen LogP contribution is 2.32. The Kier molecular flexibility index (Phi) is 5.40. The molecule has 2 aromatic carbocycles. The Hall–Kier alpha value is -1.35. The highest BCUT2D eigenvalue weighted by Gasteiger charge is 2.16. The SMILES string of the molecule is CCC(=O)c1c(CCO)cccc1-c1ccc(Cl)c(Cl)c1. The number of carbonyl (C=O) groups is 1. The molecule has 0 bridgehead atoms. The van der Waals surface area contributed by atoms with Crippen LogP contribution in [0.15, 0.2) is 36.4 Å². The van der Waals surface area contributed by atoms with Crippen molar-refractivity contribution >= 4 is 29.0 Å². The predicted octanol–water partition coefficient (Wildman–Crippen LogP) is 4.79. The van der Waals surface area contributed by atoms with E-state index in [2.05, 4.69) is 0 Å². The fourth-order valence-corrected chi connectivity index (χ4v) is 2.64. The maximum atomic E-state index is 12.3. The molecule has 2 rings (SSSR count). The number of halogens is 2. The minimum absolute atomic E-state index is 0.00875. The summed E-state index contributed by atoms with van der Waals surface area (Å²) < 4.78 is 0. The van der Waals surface area contributed by atoms with Crippen LogP contribution in [-0.4, -0.2) is 17.5 Å². The smallest absolute Gasteiger partial charge is 0.163 e. The highest BCUT2D eigenvalue weighted by atomic mass is 35.5. The summed E-state index contributed by atoms with van der Waals surface area (Å²) in [6.45, 7) is 1.84. The van der Waals surface area contributed by atoms with Crippen LogP contribution in [0.5, 0.6) is 0 Å². The van der Waals surface area contributed by atoms with E-state index in [0.717, 1.165) is 16.7 Å². The molecule has 1 N–H and O–H groups in total. The van der Waals surface area contributed by atoms with Crippen molar-refractivity contribution < 1.29 is 9.90 Å². The van der Waals surface area contributed by atoms with Gasteiger partial charge in [0.25, 0.3) is 0 Å². The molecule has 0 spiro atoms. The maximum Gasteiger partial charge on any atom is 0.163 e. The van der Waals surface area contributed by atoms with Gasteiger partial charge in [0.05, 0.1) is 10.0 Å². The van der Waals surface area contributed by atoms with Gasteiger partial charge in [-0.25, -0.2) is 0 Å². The molecule has 0 atom stereocenters. The second kappa shape index (κ2) is 7.08. The summed E-state index contributed by atoms with van der Waals surface area (Å²) in [5.74, 6) is 0.0557. The number of aliphatic hydroxyl groups is 1. The van der Waals surface area contributed by atoms with Crippen LogP contribution >= 0.6 is 23.2 Å². The van der Waals surface area contributed by atoms with Gasteiger partial charge in [-0.3, -0.25) is 4.79 Å². The summed E-state index contributed by atoms with van der Waals surface area (Å²) in [6.07, 6.45) is 0.868. The lowest BCUT2D eigenvalue weighted by atomic mass is 9.90. The van der Waals surface area contributed by atoms with Gasteiger partial charge in [-0.1, -0.05) is 54.4 Å². The van der Waals surface area contributed by atoms with Gasteiger partial charge in [0.2, 0.25) is 0 Å². The molecule has 0 aromatic heterocycles. The molecule has 0 amide bonds. The Balaban J connectivity index is 2.64. The second-order valence-corrected chi connectivity index (χ2v) is 5.53. The van der Waals surface area contributed by atoms with E-state index >= 15 is 0 Å². The Morgan fingerprint density at radius 1 is 1.14 bits per heavy atom. The minimum atomic E-state index is 0.00875. The van der Waals surface area contributed by atoms with Crippen molar-refractivity contribution in [2.75, 3.05) is 6.61 Å². The molecule has 0 aliphatic heterocycles. The van der Waals surface area contributed by atoms with Crippen LogP contribution in [0.4, 0.5) is 0 Å². The quantitative estimate of drug-likeness (QED) is 0.804. The maximum absolute atomic E-state index is 12.3. The summed E-state index contributed by atoms with van der Waals surface area (Å²) in [5, 5.41) is 10.1. The van der Waals surface area contributed by atoms with Crippen molar-refractivity contribution in [1.82, 2.24) is 0 Å². The van der Waals surface area contributed by atoms with Gasteiger partial charge in [-0.15, -0.1) is 0 Å². The summed E-state index contributed by atoms with van der Waals surface area (Å²) in [6, 6.07) is 11.0. The van der Waals surface area contributed by atoms with Crippen LogP contribution in [0.2, 0.25) is 10.0 Å². The van der Waals surface area contributed by atoms with Crippen LogP contribution in [0.3, 0.4) is 0 Å². The van der Waals surface area contributed by atoms with Crippen LogP contribution in [-0.2, 0) is 6.42 Å². The third kappa shape index (κ3) is 3.46. The molecule has 0 saturated carbocycles. The molecule has 110 valence electrons. The van der Waals surface area contributed by atoms with Gasteiger partial charge in [0, 0.05) is 18.6 Å². The van der Waals surface area contributed by atoms with Crippen LogP contribution < -0.4 is 0 Å². The fraction of sp³-hybridized carbons (Fsp3) is 0.235. The van der Waals surface area contributed by atoms with Gasteiger partial charge in [0.1, 0.15) is 0 Å². The highest BCUT2D eigenvalue weighted by molar-refractivity contribution is 6.42. The Morgan fingerprint density at radius 3 is 2.52 bits per heavy atom. The Bertz CT molecular complexity index is 666. The molecule has 0 aliphatic carbocycles. The number of rotatable bonds is 5. The van der Waals surface area contributed by atoms with Gasteiger partial charge < -0.3 is 5.11 Å². The molecular formula is C17H16Cl2O2. The monoisotopic (exact) mass is 322 g/mol. The minimum Gasteiger partial charge on any atom is -0.396 e. The van der Waals surface area contributed by atoms with E-state index in [9.17, 15) is 9.90 Å². The third-order valence-corrected chi connectivity index (χ3v) is 4.10. The van der Waals surface area contributed by atoms with E-state index in [4.69, 9.17) is 23.2 Å². The number of hydrogen-bond donors (Lipinski definition) is 1. The molecule has 0 radical (unpaired) electrons. The summed E-state index contributed by atoms with van der Waals surface area (Å²) in [4.78, 5) is 12.3. The second-order valence-electron chi connectivity index (χ2n) is 4.72. The first-order valence-electron chi connectivity index (χ1n) is 6.79. The first-order chi connectivity index (χ1) is 10.1. The zero-order chi connectivity index (χ0) is 15.4. The number of benzene rings is 2. The molecule has 0 unspecified atom stereocenters. The van der Waals surface area contributed by atoms with Gasteiger partial charge in [-0.05, 0) is 35.2 Å². The molecule has 0 aliphatic rings. The van der Waals surface area contributed by atoms with Crippen molar-refractivity contribution in [2.45, 2.75) is 19.8 Å². The zero-order valence-electron chi connectivity index (χ0n) is 11.7. The predicted molar refractivity (Wildman–Crippen MR) is 87.3 cm³/mol. The van der Waals surface area contributed by atoms with Gasteiger partial charge in [-0.2, -0.15) is 0 Å². The molecule has 2 nitrogen and oxygen atoms in total. The van der Waals surface area contributed by atoms with E-state index in [-0.39, 0.29) is 12.4 Å². The van der Waals surface area contributed by atoms with Crippen LogP contribution in [0.25, 0.3) is 11.1 Å². The molecule has 2 aromatic rings. The third-order valence-electron chi connectivity index (χ3n) is 3.36. The normalized spacial score (nSPS) is 10.7. The zero-order valence-corrected chi connectivity index (χ0v) is 13.2. The van der Waals surface area contributed by atoms with Crippen molar-refractivity contribution in [2.24, 2.45) is 0 Å². The number of carbonyl (C=O) groups excluding carboxylic acids is 1. The molecule has 0 heterocycles. The lowest BCUT2D eigenvalue weighted by Crippen LogP contribution is -2.06. The largest absolute Gasteiger partial charge is 0.396 e. The van der Waals surface area contributed by atoms with Gasteiger partial charge >= 0.3 is 0 Å². The van der Waals surface area contributed by atoms with E-state index in [1.54, 1.807) is 12.1 Å². The van der Waals surface area contributed by atoms with E-state index in [1.165, 1.54) is 0 Å². The van der Waals surface area contributed by atoms with Crippen molar-refractivity contribution in [3.05, 3.63) is 57.6 Å². The summed E-state index contributed by atoms with van der Waals surface area (Å²) in [5.41, 5.74) is 3.19. The summed E-state index contributed by atoms with van der Waals surface area (Å²) >= 11 is 12.0. The first kappa shape index (κ1) is 16.0. The van der Waals surface area contributed by atoms with E-state index in [0.29, 0.717) is 28.5 Å². The van der Waals surface area contributed by atoms with Crippen molar-refractivity contribution in [3.63, 3.8) is 0 Å². The standard InChI is InChI=1S/C17H16Cl2O2/c1-2-16(21)17-11(8-9-20)4-3-5-13(17)12-6-7-14(18)15(19)10-12/h3-7,10,20H,2,8-9H2,1H3. The number of aliphatic hydroxyl groups excluding tert-OH is 1. The van der Waals surface area contributed by atoms with E-state index in [1.807, 2.05) is 31.2 Å². The molecular weight excluding hydrogens is 307 g/mol. The fourth-order valence-electron chi connectivity index (χ4n) is 2.34. The van der Waals surface area contributed by atoms with Crippen LogP contribution in [0.1, 0.15) is 29.3 Å². The lowest BCUT2D eigenvalue weighted by molar-refractivity contribution is 0.0987. The first-order valence-corrected chi connectivity index (χ1v) is 7.55. The van der Waals surface area contributed by atoms with Crippen LogP contribution in [0, 0.1) is 0 Å². The average molecular weight is 323 g/mol. The number of Topliss-reactive ketones (excluding diaryl/α,β-unsaturated/α-hetero) is 1. The topological polar surface area (TPSA) is 37.3 Å².